The van der Waals surface area contributed by atoms with E-state index < -0.39 is 6.17 Å². The summed E-state index contributed by atoms with van der Waals surface area (Å²) in [6.07, 6.45) is 2.77. The lowest BCUT2D eigenvalue weighted by molar-refractivity contribution is 0.292. The number of nitrogens with zero attached hydrogens (tertiary/aromatic N) is 1. The molecule has 2 atom stereocenters. The van der Waals surface area contributed by atoms with E-state index in [0.29, 0.717) is 12.6 Å². The van der Waals surface area contributed by atoms with Crippen molar-refractivity contribution >= 4 is 0 Å². The van der Waals surface area contributed by atoms with E-state index in [1.165, 1.54) is 25.9 Å². The minimum Gasteiger partial charge on any atom is -0.310 e. The number of hydrogen-bond donors (Lipinski definition) is 1. The lowest BCUT2D eigenvalue weighted by atomic mass is 10.2. The van der Waals surface area contributed by atoms with E-state index in [4.69, 9.17) is 0 Å². The standard InChI is InChI=1S/C9H17FN2/c10-8-5-9(11-6-8)7-12-3-1-2-4-12/h8-9,11H,1-7H2/t8-,9-/m0/s1. The van der Waals surface area contributed by atoms with Crippen LogP contribution in [0, 0.1) is 0 Å². The average molecular weight is 172 g/mol. The first kappa shape index (κ1) is 8.45. The normalized spacial score (nSPS) is 37.8. The summed E-state index contributed by atoms with van der Waals surface area (Å²) in [7, 11) is 0. The molecule has 0 unspecified atom stereocenters. The van der Waals surface area contributed by atoms with Gasteiger partial charge < -0.3 is 10.2 Å². The Morgan fingerprint density at radius 1 is 1.33 bits per heavy atom. The van der Waals surface area contributed by atoms with Gasteiger partial charge in [-0.1, -0.05) is 0 Å². The molecule has 2 fully saturated rings. The van der Waals surface area contributed by atoms with Crippen LogP contribution >= 0.6 is 0 Å². The molecule has 0 aromatic heterocycles. The molecular formula is C9H17FN2. The van der Waals surface area contributed by atoms with Crippen molar-refractivity contribution in [3.8, 4) is 0 Å². The van der Waals surface area contributed by atoms with Gasteiger partial charge in [0.1, 0.15) is 6.17 Å². The third kappa shape index (κ3) is 1.96. The lowest BCUT2D eigenvalue weighted by Gasteiger charge is -2.19. The number of alkyl halides is 1. The topological polar surface area (TPSA) is 15.3 Å². The Balaban J connectivity index is 1.72. The van der Waals surface area contributed by atoms with Crippen LogP contribution in [-0.4, -0.2) is 43.3 Å². The second-order valence-electron chi connectivity index (χ2n) is 3.95. The minimum atomic E-state index is -0.599. The van der Waals surface area contributed by atoms with Crippen LogP contribution in [0.25, 0.3) is 0 Å². The third-order valence-electron chi connectivity index (χ3n) is 2.85. The fourth-order valence-corrected chi connectivity index (χ4v) is 2.19. The van der Waals surface area contributed by atoms with Crippen LogP contribution in [0.3, 0.4) is 0 Å². The highest BCUT2D eigenvalue weighted by Crippen LogP contribution is 2.14. The first-order chi connectivity index (χ1) is 5.84. The van der Waals surface area contributed by atoms with E-state index >= 15 is 0 Å². The van der Waals surface area contributed by atoms with Crippen molar-refractivity contribution in [1.29, 1.82) is 0 Å². The van der Waals surface area contributed by atoms with Crippen LogP contribution in [-0.2, 0) is 0 Å². The third-order valence-corrected chi connectivity index (χ3v) is 2.85. The second kappa shape index (κ2) is 3.71. The molecule has 0 bridgehead atoms. The monoisotopic (exact) mass is 172 g/mol. The predicted octanol–water partition coefficient (Wildman–Crippen LogP) is 0.782. The molecule has 0 radical (unpaired) electrons. The van der Waals surface area contributed by atoms with Crippen molar-refractivity contribution in [3.05, 3.63) is 0 Å². The zero-order valence-electron chi connectivity index (χ0n) is 7.43. The van der Waals surface area contributed by atoms with Gasteiger partial charge in [-0.25, -0.2) is 4.39 Å². The molecule has 2 rings (SSSR count). The molecule has 70 valence electrons. The van der Waals surface area contributed by atoms with Crippen molar-refractivity contribution in [2.24, 2.45) is 0 Å². The molecule has 0 amide bonds. The Bertz CT molecular complexity index is 145. The molecule has 2 saturated heterocycles. The Labute approximate surface area is 73.1 Å². The molecule has 2 aliphatic heterocycles. The second-order valence-corrected chi connectivity index (χ2v) is 3.95. The van der Waals surface area contributed by atoms with Crippen molar-refractivity contribution in [3.63, 3.8) is 0 Å². The van der Waals surface area contributed by atoms with E-state index in [9.17, 15) is 4.39 Å². The van der Waals surface area contributed by atoms with Gasteiger partial charge in [-0.05, 0) is 32.4 Å². The summed E-state index contributed by atoms with van der Waals surface area (Å²) in [4.78, 5) is 2.44. The van der Waals surface area contributed by atoms with E-state index in [-0.39, 0.29) is 0 Å². The minimum absolute atomic E-state index is 0.415. The van der Waals surface area contributed by atoms with Crippen LogP contribution in [0.2, 0.25) is 0 Å². The quantitative estimate of drug-likeness (QED) is 0.662. The van der Waals surface area contributed by atoms with Crippen molar-refractivity contribution in [2.45, 2.75) is 31.5 Å². The highest BCUT2D eigenvalue weighted by molar-refractivity contribution is 4.84. The van der Waals surface area contributed by atoms with Gasteiger partial charge in [0.25, 0.3) is 0 Å². The molecule has 3 heteroatoms. The van der Waals surface area contributed by atoms with E-state index in [2.05, 4.69) is 10.2 Å². The van der Waals surface area contributed by atoms with Gasteiger partial charge in [-0.15, -0.1) is 0 Å². The molecular weight excluding hydrogens is 155 g/mol. The Kier molecular flexibility index (Phi) is 2.61. The van der Waals surface area contributed by atoms with Gasteiger partial charge in [-0.2, -0.15) is 0 Å². The molecule has 1 N–H and O–H groups in total. The van der Waals surface area contributed by atoms with Crippen LogP contribution in [0.5, 0.6) is 0 Å². The van der Waals surface area contributed by atoms with Crippen molar-refractivity contribution in [1.82, 2.24) is 10.2 Å². The van der Waals surface area contributed by atoms with E-state index in [1.807, 2.05) is 0 Å². The molecule has 2 aliphatic rings. The van der Waals surface area contributed by atoms with Crippen LogP contribution in [0.1, 0.15) is 19.3 Å². The van der Waals surface area contributed by atoms with E-state index in [0.717, 1.165) is 13.0 Å². The molecule has 2 nitrogen and oxygen atoms in total. The van der Waals surface area contributed by atoms with Gasteiger partial charge >= 0.3 is 0 Å². The number of nitrogens with one attached hydrogen (secondary N) is 1. The summed E-state index contributed by atoms with van der Waals surface area (Å²) in [5, 5.41) is 3.22. The molecule has 2 heterocycles. The van der Waals surface area contributed by atoms with Crippen molar-refractivity contribution < 1.29 is 4.39 Å². The summed E-state index contributed by atoms with van der Waals surface area (Å²) in [5.41, 5.74) is 0. The largest absolute Gasteiger partial charge is 0.310 e. The average Bonchev–Trinajstić information content (AvgIpc) is 2.63. The first-order valence-corrected chi connectivity index (χ1v) is 4.94. The molecule has 0 saturated carbocycles. The Hall–Kier alpha value is -0.150. The SMILES string of the molecule is F[C@@H]1CN[C@H](CN2CCCC2)C1. The zero-order chi connectivity index (χ0) is 8.39. The van der Waals surface area contributed by atoms with Crippen LogP contribution in [0.15, 0.2) is 0 Å². The maximum Gasteiger partial charge on any atom is 0.114 e. The van der Waals surface area contributed by atoms with Crippen molar-refractivity contribution in [2.75, 3.05) is 26.2 Å². The number of likely N-dealkylation sites (tertiary alicyclic amines) is 1. The van der Waals surface area contributed by atoms with Crippen LogP contribution < -0.4 is 5.32 Å². The molecule has 0 aromatic rings. The molecule has 0 spiro atoms. The van der Waals surface area contributed by atoms with Gasteiger partial charge in [-0.3, -0.25) is 0 Å². The highest BCUT2D eigenvalue weighted by atomic mass is 19.1. The molecule has 12 heavy (non-hydrogen) atoms. The number of halogens is 1. The zero-order valence-corrected chi connectivity index (χ0v) is 7.43. The smallest absolute Gasteiger partial charge is 0.114 e. The number of hydrogen-bond acceptors (Lipinski definition) is 2. The molecule has 0 aromatic carbocycles. The summed E-state index contributed by atoms with van der Waals surface area (Å²) in [6, 6.07) is 0.415. The summed E-state index contributed by atoms with van der Waals surface area (Å²) < 4.78 is 12.8. The predicted molar refractivity (Wildman–Crippen MR) is 47.0 cm³/mol. The first-order valence-electron chi connectivity index (χ1n) is 4.94. The van der Waals surface area contributed by atoms with Crippen LogP contribution in [0.4, 0.5) is 4.39 Å². The number of rotatable bonds is 2. The maximum atomic E-state index is 12.8. The summed E-state index contributed by atoms with van der Waals surface area (Å²) in [5.74, 6) is 0. The van der Waals surface area contributed by atoms with E-state index in [1.54, 1.807) is 0 Å². The lowest BCUT2D eigenvalue weighted by Crippen LogP contribution is -2.35. The summed E-state index contributed by atoms with van der Waals surface area (Å²) >= 11 is 0. The van der Waals surface area contributed by atoms with Gasteiger partial charge in [0, 0.05) is 19.1 Å². The van der Waals surface area contributed by atoms with Gasteiger partial charge in [0.05, 0.1) is 0 Å². The van der Waals surface area contributed by atoms with Gasteiger partial charge in [0.2, 0.25) is 0 Å². The maximum absolute atomic E-state index is 12.8. The van der Waals surface area contributed by atoms with Gasteiger partial charge in [0.15, 0.2) is 0 Å². The Morgan fingerprint density at radius 2 is 2.08 bits per heavy atom. The fraction of sp³-hybridized carbons (Fsp3) is 1.00. The molecule has 0 aliphatic carbocycles. The summed E-state index contributed by atoms with van der Waals surface area (Å²) in [6.45, 7) is 4.06. The highest BCUT2D eigenvalue weighted by Gasteiger charge is 2.25. The fourth-order valence-electron chi connectivity index (χ4n) is 2.19. The Morgan fingerprint density at radius 3 is 2.67 bits per heavy atom.